The second-order valence-corrected chi connectivity index (χ2v) is 8.31. The number of hydrogen-bond donors (Lipinski definition) is 0. The Balaban J connectivity index is 2.07. The molecule has 3 aromatic rings. The first-order valence-corrected chi connectivity index (χ1v) is 11.1. The van der Waals surface area contributed by atoms with Crippen molar-refractivity contribution in [2.45, 2.75) is 24.5 Å². The molecule has 3 rings (SSSR count). The van der Waals surface area contributed by atoms with Gasteiger partial charge in [-0.15, -0.1) is 13.2 Å². The summed E-state index contributed by atoms with van der Waals surface area (Å²) in [6.07, 6.45) is -15.5. The van der Waals surface area contributed by atoms with Crippen LogP contribution in [-0.4, -0.2) is 18.4 Å². The zero-order valence-electron chi connectivity index (χ0n) is 17.4. The van der Waals surface area contributed by atoms with Crippen molar-refractivity contribution in [3.63, 3.8) is 0 Å². The molecule has 188 valence electrons. The van der Waals surface area contributed by atoms with Crippen LogP contribution in [0.25, 0.3) is 0 Å². The molecule has 0 saturated carbocycles. The second-order valence-electron chi connectivity index (χ2n) is 6.84. The van der Waals surface area contributed by atoms with Crippen LogP contribution in [0.15, 0.2) is 91.0 Å². The summed E-state index contributed by atoms with van der Waals surface area (Å²) < 4.78 is 127. The number of benzene rings is 3. The molecule has 5 nitrogen and oxygen atoms in total. The summed E-state index contributed by atoms with van der Waals surface area (Å²) in [7, 11) is -5.25. The van der Waals surface area contributed by atoms with Crippen LogP contribution >= 0.6 is 7.82 Å². The van der Waals surface area contributed by atoms with E-state index in [-0.39, 0.29) is 11.5 Å². The number of halogens is 7. The van der Waals surface area contributed by atoms with Crippen LogP contribution in [-0.2, 0) is 13.8 Å². The minimum absolute atomic E-state index is 0.222. The van der Waals surface area contributed by atoms with Crippen LogP contribution < -0.4 is 9.05 Å². The zero-order valence-corrected chi connectivity index (χ0v) is 18.3. The second kappa shape index (κ2) is 10.3. The molecule has 0 spiro atoms. The first-order valence-electron chi connectivity index (χ1n) is 9.66. The molecular weight excluding hydrogens is 508 g/mol. The smallest absolute Gasteiger partial charge is 0.395 e. The molecule has 0 fully saturated rings. The number of hydrogen-bond acceptors (Lipinski definition) is 5. The quantitative estimate of drug-likeness (QED) is 0.200. The summed E-state index contributed by atoms with van der Waals surface area (Å²) in [4.78, 5) is 0. The van der Waals surface area contributed by atoms with E-state index in [1.54, 1.807) is 0 Å². The maximum absolute atomic E-state index is 15.0. The van der Waals surface area contributed by atoms with Crippen molar-refractivity contribution in [3.8, 4) is 11.5 Å². The van der Waals surface area contributed by atoms with Crippen LogP contribution in [0.4, 0.5) is 30.7 Å². The molecule has 0 aliphatic carbocycles. The van der Waals surface area contributed by atoms with Gasteiger partial charge in [0.25, 0.3) is 0 Å². The highest BCUT2D eigenvalue weighted by Gasteiger charge is 2.69. The molecule has 1 unspecified atom stereocenters. The Morgan fingerprint density at radius 3 is 1.43 bits per heavy atom. The largest absolute Gasteiger partial charge is 0.588 e. The number of phosphoric ester groups is 1. The zero-order chi connectivity index (χ0) is 25.7. The summed E-state index contributed by atoms with van der Waals surface area (Å²) in [5.41, 5.74) is -0.753. The maximum atomic E-state index is 15.0. The minimum atomic E-state index is -6.13. The van der Waals surface area contributed by atoms with Gasteiger partial charge in [0.2, 0.25) is 0 Å². The molecule has 0 N–H and O–H groups in total. The minimum Gasteiger partial charge on any atom is -0.395 e. The molecule has 0 radical (unpaired) electrons. The fraction of sp³-hybridized carbons (Fsp3) is 0.182. The summed E-state index contributed by atoms with van der Waals surface area (Å²) in [6.45, 7) is 0. The van der Waals surface area contributed by atoms with Crippen molar-refractivity contribution < 1.29 is 53.6 Å². The van der Waals surface area contributed by atoms with Crippen molar-refractivity contribution in [2.75, 3.05) is 0 Å². The van der Waals surface area contributed by atoms with Gasteiger partial charge >= 0.3 is 26.2 Å². The molecule has 0 heterocycles. The molecule has 0 aliphatic heterocycles. The third-order valence-corrected chi connectivity index (χ3v) is 5.56. The molecule has 0 bridgehead atoms. The van der Waals surface area contributed by atoms with E-state index in [1.807, 2.05) is 0 Å². The highest BCUT2D eigenvalue weighted by molar-refractivity contribution is 7.49. The van der Waals surface area contributed by atoms with E-state index >= 15 is 0 Å². The lowest BCUT2D eigenvalue weighted by molar-refractivity contribution is -0.473. The third kappa shape index (κ3) is 6.97. The van der Waals surface area contributed by atoms with Crippen LogP contribution in [0.3, 0.4) is 0 Å². The summed E-state index contributed by atoms with van der Waals surface area (Å²) in [5.74, 6) is -6.15. The van der Waals surface area contributed by atoms with Gasteiger partial charge in [-0.1, -0.05) is 66.7 Å². The van der Waals surface area contributed by atoms with Crippen LogP contribution in [0.2, 0.25) is 0 Å². The van der Waals surface area contributed by atoms with Crippen LogP contribution in [0.5, 0.6) is 11.5 Å². The summed E-state index contributed by atoms with van der Waals surface area (Å²) in [6, 6.07) is 19.0. The Bertz CT molecular complexity index is 1080. The Labute approximate surface area is 194 Å². The first kappa shape index (κ1) is 26.5. The Kier molecular flexibility index (Phi) is 7.78. The van der Waals surface area contributed by atoms with E-state index in [0.29, 0.717) is 0 Å². The average Bonchev–Trinajstić information content (AvgIpc) is 2.77. The fourth-order valence-corrected chi connectivity index (χ4v) is 4.14. The lowest BCUT2D eigenvalue weighted by Gasteiger charge is -2.34. The molecule has 35 heavy (non-hydrogen) atoms. The third-order valence-electron chi connectivity index (χ3n) is 4.22. The van der Waals surface area contributed by atoms with Crippen molar-refractivity contribution in [1.82, 2.24) is 0 Å². The molecule has 0 saturated heterocycles. The van der Waals surface area contributed by atoms with Crippen molar-refractivity contribution in [3.05, 3.63) is 96.6 Å². The lowest BCUT2D eigenvalue weighted by Crippen LogP contribution is -2.50. The van der Waals surface area contributed by atoms with Gasteiger partial charge in [0.1, 0.15) is 11.5 Å². The standard InChI is InChI=1S/C22H16F7O5P/c23-20(24,21(25,26)34-22(27,28)29)19(16-10-4-1-5-11-16)33-35(30,31-17-12-6-2-7-13-17)32-18-14-8-3-9-15-18/h1-15,19H. The highest BCUT2D eigenvalue weighted by atomic mass is 31.2. The monoisotopic (exact) mass is 524 g/mol. The normalized spacial score (nSPS) is 13.8. The molecule has 13 heteroatoms. The average molecular weight is 524 g/mol. The predicted molar refractivity (Wildman–Crippen MR) is 109 cm³/mol. The van der Waals surface area contributed by atoms with E-state index in [1.165, 1.54) is 66.7 Å². The molecular formula is C22H16F7O5P. The van der Waals surface area contributed by atoms with Gasteiger partial charge in [0, 0.05) is 0 Å². The Hall–Kier alpha value is -3.08. The van der Waals surface area contributed by atoms with Gasteiger partial charge in [0.05, 0.1) is 0 Å². The van der Waals surface area contributed by atoms with Crippen LogP contribution in [0.1, 0.15) is 11.7 Å². The fourth-order valence-electron chi connectivity index (χ4n) is 2.74. The van der Waals surface area contributed by atoms with Gasteiger partial charge in [-0.05, 0) is 29.8 Å². The van der Waals surface area contributed by atoms with Gasteiger partial charge in [-0.2, -0.15) is 17.6 Å². The molecule has 1 atom stereocenters. The van der Waals surface area contributed by atoms with Gasteiger partial charge < -0.3 is 9.05 Å². The molecule has 0 amide bonds. The predicted octanol–water partition coefficient (Wildman–Crippen LogP) is 7.77. The van der Waals surface area contributed by atoms with E-state index < -0.39 is 37.9 Å². The van der Waals surface area contributed by atoms with E-state index in [2.05, 4.69) is 4.74 Å². The number of phosphoric acid groups is 1. The van der Waals surface area contributed by atoms with Crippen LogP contribution in [0, 0.1) is 0 Å². The number of para-hydroxylation sites is 2. The van der Waals surface area contributed by atoms with E-state index in [4.69, 9.17) is 13.6 Å². The number of ether oxygens (including phenoxy) is 1. The maximum Gasteiger partial charge on any atom is 0.588 e. The topological polar surface area (TPSA) is 54.0 Å². The molecule has 0 aromatic heterocycles. The SMILES string of the molecule is O=P(Oc1ccccc1)(Oc1ccccc1)OC(c1ccccc1)C(F)(F)C(F)(F)OC(F)(F)F. The van der Waals surface area contributed by atoms with Crippen molar-refractivity contribution >= 4 is 7.82 Å². The van der Waals surface area contributed by atoms with E-state index in [0.717, 1.165) is 24.3 Å². The molecule has 0 aliphatic rings. The van der Waals surface area contributed by atoms with Gasteiger partial charge in [-0.25, -0.2) is 9.30 Å². The van der Waals surface area contributed by atoms with E-state index in [9.17, 15) is 35.3 Å². The van der Waals surface area contributed by atoms with Gasteiger partial charge in [-0.3, -0.25) is 4.52 Å². The number of rotatable bonds is 10. The lowest BCUT2D eigenvalue weighted by atomic mass is 10.0. The summed E-state index contributed by atoms with van der Waals surface area (Å²) in [5, 5.41) is 0. The van der Waals surface area contributed by atoms with Crippen molar-refractivity contribution in [1.29, 1.82) is 0 Å². The first-order chi connectivity index (χ1) is 16.3. The van der Waals surface area contributed by atoms with Gasteiger partial charge in [0.15, 0.2) is 6.10 Å². The Morgan fingerprint density at radius 2 is 1.03 bits per heavy atom. The van der Waals surface area contributed by atoms with Crippen molar-refractivity contribution in [2.24, 2.45) is 0 Å². The molecule has 3 aromatic carbocycles. The summed E-state index contributed by atoms with van der Waals surface area (Å²) >= 11 is 0. The number of alkyl halides is 7. The highest BCUT2D eigenvalue weighted by Crippen LogP contribution is 2.58. The Morgan fingerprint density at radius 1 is 0.629 bits per heavy atom.